The molecule has 2 aromatic heterocycles. The van der Waals surface area contributed by atoms with Crippen LogP contribution in [0.5, 0.6) is 0 Å². The molecule has 0 fully saturated rings. The van der Waals surface area contributed by atoms with Crippen molar-refractivity contribution in [2.24, 2.45) is 7.05 Å². The van der Waals surface area contributed by atoms with Gasteiger partial charge in [0.25, 0.3) is 0 Å². The first kappa shape index (κ1) is 16.6. The van der Waals surface area contributed by atoms with Gasteiger partial charge in [-0.15, -0.1) is 0 Å². The van der Waals surface area contributed by atoms with Gasteiger partial charge >= 0.3 is 0 Å². The number of aryl methyl sites for hydroxylation is 2. The van der Waals surface area contributed by atoms with Crippen molar-refractivity contribution in [3.63, 3.8) is 0 Å². The maximum atomic E-state index is 12.4. The number of carbonyl (C=O) groups is 1. The number of aromatic nitrogens is 4. The number of carbonyl (C=O) groups excluding carboxylic acids is 1. The van der Waals surface area contributed by atoms with Gasteiger partial charge in [0.05, 0.1) is 11.9 Å². The van der Waals surface area contributed by atoms with Crippen LogP contribution in [0.2, 0.25) is 0 Å². The third kappa shape index (κ3) is 2.62. The molecule has 6 heteroatoms. The Morgan fingerprint density at radius 3 is 2.77 bits per heavy atom. The van der Waals surface area contributed by atoms with Crippen LogP contribution in [0.15, 0.2) is 36.5 Å². The predicted molar refractivity (Wildman–Crippen MR) is 101 cm³/mol. The van der Waals surface area contributed by atoms with Gasteiger partial charge < -0.3 is 5.32 Å². The Bertz CT molecular complexity index is 954. The third-order valence-electron chi connectivity index (χ3n) is 5.08. The number of hydrogen-bond acceptors (Lipinski definition) is 3. The number of fused-ring (bicyclic) bond motifs is 1. The molecule has 1 aromatic carbocycles. The molecule has 1 unspecified atom stereocenters. The van der Waals surface area contributed by atoms with Gasteiger partial charge in [-0.05, 0) is 13.3 Å². The van der Waals surface area contributed by atoms with Crippen LogP contribution in [0.25, 0.3) is 11.3 Å². The molecule has 1 N–H and O–H groups in total. The predicted octanol–water partition coefficient (Wildman–Crippen LogP) is 3.48. The Hall–Kier alpha value is -2.89. The maximum Gasteiger partial charge on any atom is 0.226 e. The van der Waals surface area contributed by atoms with E-state index in [9.17, 15) is 4.79 Å². The van der Waals surface area contributed by atoms with Crippen LogP contribution in [0.1, 0.15) is 42.5 Å². The summed E-state index contributed by atoms with van der Waals surface area (Å²) in [6, 6.07) is 10.1. The molecule has 3 heterocycles. The van der Waals surface area contributed by atoms with Crippen molar-refractivity contribution in [2.45, 2.75) is 39.2 Å². The van der Waals surface area contributed by atoms with Crippen LogP contribution in [-0.4, -0.2) is 25.5 Å². The lowest BCUT2D eigenvalue weighted by atomic mass is 9.84. The molecule has 26 heavy (non-hydrogen) atoms. The minimum Gasteiger partial charge on any atom is -0.311 e. The fourth-order valence-electron chi connectivity index (χ4n) is 3.80. The summed E-state index contributed by atoms with van der Waals surface area (Å²) in [5, 5.41) is 12.3. The van der Waals surface area contributed by atoms with Gasteiger partial charge in [0.15, 0.2) is 0 Å². The minimum atomic E-state index is -0.0340. The highest BCUT2D eigenvalue weighted by Crippen LogP contribution is 2.43. The lowest BCUT2D eigenvalue weighted by Crippen LogP contribution is -2.25. The third-order valence-corrected chi connectivity index (χ3v) is 5.08. The summed E-state index contributed by atoms with van der Waals surface area (Å²) in [5.41, 5.74) is 5.30. The van der Waals surface area contributed by atoms with E-state index in [1.807, 2.05) is 36.1 Å². The molecule has 3 aromatic rings. The van der Waals surface area contributed by atoms with E-state index in [1.165, 1.54) is 0 Å². The molecule has 1 aliphatic heterocycles. The molecular formula is C20H23N5O. The summed E-state index contributed by atoms with van der Waals surface area (Å²) < 4.78 is 3.80. The van der Waals surface area contributed by atoms with Gasteiger partial charge in [0.2, 0.25) is 5.91 Å². The topological polar surface area (TPSA) is 64.7 Å². The van der Waals surface area contributed by atoms with E-state index >= 15 is 0 Å². The minimum absolute atomic E-state index is 0.0211. The Balaban J connectivity index is 1.88. The molecule has 0 radical (unpaired) electrons. The van der Waals surface area contributed by atoms with E-state index in [-0.39, 0.29) is 11.8 Å². The summed E-state index contributed by atoms with van der Waals surface area (Å²) in [6.45, 7) is 5.11. The first-order valence-electron chi connectivity index (χ1n) is 9.04. The smallest absolute Gasteiger partial charge is 0.226 e. The lowest BCUT2D eigenvalue weighted by Gasteiger charge is -2.24. The van der Waals surface area contributed by atoms with Crippen molar-refractivity contribution < 1.29 is 4.79 Å². The Morgan fingerprint density at radius 2 is 2.04 bits per heavy atom. The quantitative estimate of drug-likeness (QED) is 0.784. The van der Waals surface area contributed by atoms with Crippen LogP contribution in [0.3, 0.4) is 0 Å². The molecule has 0 spiro atoms. The van der Waals surface area contributed by atoms with Gasteiger partial charge in [0.1, 0.15) is 5.82 Å². The number of anilines is 1. The average molecular weight is 349 g/mol. The number of nitrogens with zero attached hydrogens (tertiary/aromatic N) is 4. The maximum absolute atomic E-state index is 12.4. The molecule has 1 atom stereocenters. The molecule has 0 bridgehead atoms. The molecule has 0 saturated carbocycles. The molecular weight excluding hydrogens is 326 g/mol. The fourth-order valence-corrected chi connectivity index (χ4v) is 3.80. The Morgan fingerprint density at radius 1 is 1.27 bits per heavy atom. The summed E-state index contributed by atoms with van der Waals surface area (Å²) in [6.07, 6.45) is 3.36. The second-order valence-electron chi connectivity index (χ2n) is 6.81. The number of benzene rings is 1. The highest BCUT2D eigenvalue weighted by atomic mass is 16.1. The first-order valence-corrected chi connectivity index (χ1v) is 9.04. The van der Waals surface area contributed by atoms with Crippen molar-refractivity contribution in [1.82, 2.24) is 19.6 Å². The van der Waals surface area contributed by atoms with Crippen LogP contribution in [-0.2, 0) is 18.4 Å². The van der Waals surface area contributed by atoms with Gasteiger partial charge in [0, 0.05) is 48.3 Å². The molecule has 0 saturated heterocycles. The zero-order valence-electron chi connectivity index (χ0n) is 15.4. The normalized spacial score (nSPS) is 16.4. The summed E-state index contributed by atoms with van der Waals surface area (Å²) in [5.74, 6) is 0.772. The molecule has 4 rings (SSSR count). The molecule has 1 aliphatic rings. The zero-order valence-corrected chi connectivity index (χ0v) is 15.4. The fraction of sp³-hybridized carbons (Fsp3) is 0.350. The van der Waals surface area contributed by atoms with E-state index in [2.05, 4.69) is 36.4 Å². The van der Waals surface area contributed by atoms with E-state index in [0.29, 0.717) is 6.42 Å². The van der Waals surface area contributed by atoms with Crippen molar-refractivity contribution in [3.8, 4) is 11.3 Å². The summed E-state index contributed by atoms with van der Waals surface area (Å²) in [7, 11) is 1.88. The van der Waals surface area contributed by atoms with Crippen molar-refractivity contribution in [3.05, 3.63) is 53.3 Å². The molecule has 6 nitrogen and oxygen atoms in total. The monoisotopic (exact) mass is 349 g/mol. The number of rotatable bonds is 4. The van der Waals surface area contributed by atoms with Crippen LogP contribution >= 0.6 is 0 Å². The highest BCUT2D eigenvalue weighted by molar-refractivity contribution is 5.96. The number of nitrogens with one attached hydrogen (secondary N) is 1. The standard InChI is InChI=1S/C20H23N5O/c1-4-10-25-13(2)16(12-21-25)15-11-17(26)22-20-18(15)19(23-24(20)3)14-8-6-5-7-9-14/h5-9,12,15H,4,10-11H2,1-3H3,(H,22,26). The van der Waals surface area contributed by atoms with Crippen LogP contribution < -0.4 is 5.32 Å². The molecule has 0 aliphatic carbocycles. The van der Waals surface area contributed by atoms with Gasteiger partial charge in [-0.1, -0.05) is 37.3 Å². The van der Waals surface area contributed by atoms with Crippen LogP contribution in [0, 0.1) is 6.92 Å². The molecule has 1 amide bonds. The number of hydrogen-bond donors (Lipinski definition) is 1. The second-order valence-corrected chi connectivity index (χ2v) is 6.81. The van der Waals surface area contributed by atoms with Gasteiger partial charge in [-0.2, -0.15) is 10.2 Å². The van der Waals surface area contributed by atoms with E-state index in [4.69, 9.17) is 5.10 Å². The SMILES string of the molecule is CCCn1ncc(C2CC(=O)Nc3c2c(-c2ccccc2)nn3C)c1C. The number of amides is 1. The van der Waals surface area contributed by atoms with E-state index in [1.54, 1.807) is 4.68 Å². The van der Waals surface area contributed by atoms with E-state index < -0.39 is 0 Å². The lowest BCUT2D eigenvalue weighted by molar-refractivity contribution is -0.116. The van der Waals surface area contributed by atoms with Crippen molar-refractivity contribution >= 4 is 11.7 Å². The summed E-state index contributed by atoms with van der Waals surface area (Å²) in [4.78, 5) is 12.4. The van der Waals surface area contributed by atoms with Crippen LogP contribution in [0.4, 0.5) is 5.82 Å². The van der Waals surface area contributed by atoms with Gasteiger partial charge in [-0.3, -0.25) is 14.2 Å². The Labute approximate surface area is 152 Å². The summed E-state index contributed by atoms with van der Waals surface area (Å²) >= 11 is 0. The zero-order chi connectivity index (χ0) is 18.3. The highest BCUT2D eigenvalue weighted by Gasteiger charge is 2.34. The first-order chi connectivity index (χ1) is 12.6. The van der Waals surface area contributed by atoms with E-state index in [0.717, 1.165) is 46.9 Å². The largest absolute Gasteiger partial charge is 0.311 e. The van der Waals surface area contributed by atoms with Crippen molar-refractivity contribution in [2.75, 3.05) is 5.32 Å². The average Bonchev–Trinajstić information content (AvgIpc) is 3.17. The second kappa shape index (κ2) is 6.44. The molecule has 134 valence electrons. The van der Waals surface area contributed by atoms with Crippen molar-refractivity contribution in [1.29, 1.82) is 0 Å². The Kier molecular flexibility index (Phi) is 4.11. The van der Waals surface area contributed by atoms with Gasteiger partial charge in [-0.25, -0.2) is 0 Å².